The molecule has 4 bridgehead atoms. The van der Waals surface area contributed by atoms with E-state index < -0.39 is 5.60 Å². The van der Waals surface area contributed by atoms with Crippen LogP contribution in [0.5, 0.6) is 11.5 Å². The fourth-order valence-corrected chi connectivity index (χ4v) is 8.15. The van der Waals surface area contributed by atoms with E-state index in [-0.39, 0.29) is 28.9 Å². The van der Waals surface area contributed by atoms with Gasteiger partial charge in [0.25, 0.3) is 0 Å². The summed E-state index contributed by atoms with van der Waals surface area (Å²) in [5, 5.41) is 2.62. The molecule has 6 aliphatic rings. The lowest BCUT2D eigenvalue weighted by molar-refractivity contribution is -0.216. The highest BCUT2D eigenvalue weighted by Gasteiger charge is 2.79. The predicted molar refractivity (Wildman–Crippen MR) is 118 cm³/mol. The molecule has 2 fully saturated rings. The summed E-state index contributed by atoms with van der Waals surface area (Å²) in [6.07, 6.45) is 7.80. The molecule has 0 radical (unpaired) electrons. The average Bonchev–Trinajstić information content (AvgIpc) is 3.13. The van der Waals surface area contributed by atoms with Crippen molar-refractivity contribution in [2.75, 3.05) is 27.8 Å². The number of nitrogens with zero attached hydrogens (tertiary/aromatic N) is 2. The number of ether oxygens (including phenoxy) is 3. The number of fused-ring (bicyclic) bond motifs is 1. The van der Waals surface area contributed by atoms with E-state index in [2.05, 4.69) is 53.3 Å². The standard InChI is InChI=1S/C24H28N2O3S/c1-14(25-13-30)16-12-22-7-8-24(16,28-4)21-23(22)9-10-26(2)18(22)11-15-5-6-17(27-3)20(29-21)19(15)23/h5-8,14,16,18,21H,9-12H2,1-4H3/t14-,16-,18+,21+,22+,23-,24+/m0/s1. The van der Waals surface area contributed by atoms with Gasteiger partial charge in [0.15, 0.2) is 11.5 Å². The second kappa shape index (κ2) is 5.95. The van der Waals surface area contributed by atoms with Gasteiger partial charge in [-0.1, -0.05) is 18.2 Å². The number of hydrogen-bond donors (Lipinski definition) is 0. The first kappa shape index (κ1) is 19.0. The Hall–Kier alpha value is -1.72. The normalized spacial score (nSPS) is 42.9. The van der Waals surface area contributed by atoms with E-state index in [9.17, 15) is 0 Å². The molecule has 6 heteroatoms. The molecule has 2 spiro atoms. The number of piperidine rings is 1. The molecule has 4 aliphatic carbocycles. The molecule has 2 heterocycles. The Morgan fingerprint density at radius 2 is 2.17 bits per heavy atom. The van der Waals surface area contributed by atoms with Gasteiger partial charge in [-0.25, -0.2) is 4.99 Å². The van der Waals surface area contributed by atoms with Crippen LogP contribution >= 0.6 is 12.2 Å². The summed E-state index contributed by atoms with van der Waals surface area (Å²) in [7, 11) is 5.83. The van der Waals surface area contributed by atoms with Gasteiger partial charge in [0, 0.05) is 30.0 Å². The fraction of sp³-hybridized carbons (Fsp3) is 0.625. The number of benzene rings is 1. The average molecular weight is 425 g/mol. The van der Waals surface area contributed by atoms with Crippen LogP contribution in [-0.4, -0.2) is 61.7 Å². The van der Waals surface area contributed by atoms with Crippen LogP contribution in [0.2, 0.25) is 0 Å². The lowest BCUT2D eigenvalue weighted by atomic mass is 9.36. The molecule has 30 heavy (non-hydrogen) atoms. The maximum Gasteiger partial charge on any atom is 0.166 e. The van der Waals surface area contributed by atoms with Crippen molar-refractivity contribution in [1.82, 2.24) is 4.90 Å². The number of likely N-dealkylation sites (N-methyl/N-ethyl adjacent to an activating group) is 1. The van der Waals surface area contributed by atoms with Crippen LogP contribution in [0.25, 0.3) is 0 Å². The molecule has 0 amide bonds. The third kappa shape index (κ3) is 1.81. The highest BCUT2D eigenvalue weighted by Crippen LogP contribution is 2.74. The predicted octanol–water partition coefficient (Wildman–Crippen LogP) is 3.41. The Balaban J connectivity index is 1.67. The minimum absolute atomic E-state index is 0.00847. The van der Waals surface area contributed by atoms with Crippen molar-refractivity contribution in [3.05, 3.63) is 35.4 Å². The lowest BCUT2D eigenvalue weighted by Crippen LogP contribution is -2.79. The third-order valence-electron chi connectivity index (χ3n) is 9.17. The fourth-order valence-electron chi connectivity index (χ4n) is 7.98. The van der Waals surface area contributed by atoms with Crippen molar-refractivity contribution in [3.63, 3.8) is 0 Å². The molecule has 1 aromatic carbocycles. The number of hydrogen-bond acceptors (Lipinski definition) is 6. The summed E-state index contributed by atoms with van der Waals surface area (Å²) in [6.45, 7) is 3.20. The number of isothiocyanates is 1. The highest BCUT2D eigenvalue weighted by molar-refractivity contribution is 7.78. The molecule has 158 valence electrons. The van der Waals surface area contributed by atoms with Crippen molar-refractivity contribution in [2.24, 2.45) is 16.3 Å². The zero-order chi connectivity index (χ0) is 20.9. The van der Waals surface area contributed by atoms with E-state index >= 15 is 0 Å². The van der Waals surface area contributed by atoms with E-state index in [0.29, 0.717) is 6.04 Å². The van der Waals surface area contributed by atoms with Gasteiger partial charge in [0.1, 0.15) is 11.7 Å². The number of thiocarbonyl (C=S) groups is 1. The molecule has 7 rings (SSSR count). The minimum Gasteiger partial charge on any atom is -0.493 e. The van der Waals surface area contributed by atoms with Crippen molar-refractivity contribution < 1.29 is 14.2 Å². The second-order valence-electron chi connectivity index (χ2n) is 9.75. The van der Waals surface area contributed by atoms with Gasteiger partial charge in [-0.15, -0.1) is 0 Å². The zero-order valence-corrected chi connectivity index (χ0v) is 18.8. The Morgan fingerprint density at radius 1 is 1.33 bits per heavy atom. The second-order valence-corrected chi connectivity index (χ2v) is 9.94. The van der Waals surface area contributed by atoms with Gasteiger partial charge < -0.3 is 19.1 Å². The van der Waals surface area contributed by atoms with Crippen molar-refractivity contribution in [1.29, 1.82) is 0 Å². The van der Waals surface area contributed by atoms with Crippen LogP contribution in [-0.2, 0) is 16.6 Å². The molecule has 0 N–H and O–H groups in total. The molecular weight excluding hydrogens is 396 g/mol. The van der Waals surface area contributed by atoms with Crippen LogP contribution in [0, 0.1) is 11.3 Å². The maximum absolute atomic E-state index is 6.91. The summed E-state index contributed by atoms with van der Waals surface area (Å²) in [5.74, 6) is 1.94. The zero-order valence-electron chi connectivity index (χ0n) is 18.0. The van der Waals surface area contributed by atoms with Crippen molar-refractivity contribution in [3.8, 4) is 11.5 Å². The highest BCUT2D eigenvalue weighted by atomic mass is 32.1. The molecule has 1 saturated heterocycles. The van der Waals surface area contributed by atoms with E-state index in [4.69, 9.17) is 26.4 Å². The third-order valence-corrected chi connectivity index (χ3v) is 9.27. The monoisotopic (exact) mass is 424 g/mol. The summed E-state index contributed by atoms with van der Waals surface area (Å²) < 4.78 is 19.1. The van der Waals surface area contributed by atoms with Crippen LogP contribution in [0.15, 0.2) is 29.3 Å². The Bertz CT molecular complexity index is 1020. The van der Waals surface area contributed by atoms with E-state index in [1.165, 1.54) is 11.1 Å². The lowest BCUT2D eigenvalue weighted by Gasteiger charge is -2.71. The van der Waals surface area contributed by atoms with Crippen molar-refractivity contribution in [2.45, 2.75) is 55.4 Å². The quantitative estimate of drug-likeness (QED) is 0.421. The van der Waals surface area contributed by atoms with E-state index in [1.807, 2.05) is 7.11 Å². The number of methoxy groups -OCH3 is 2. The van der Waals surface area contributed by atoms with Crippen LogP contribution in [0.1, 0.15) is 30.9 Å². The number of rotatable bonds is 4. The molecule has 0 unspecified atom stereocenters. The smallest absolute Gasteiger partial charge is 0.166 e. The first-order valence-corrected chi connectivity index (χ1v) is 11.3. The number of likely N-dealkylation sites (tertiary alicyclic amines) is 1. The Morgan fingerprint density at radius 3 is 2.90 bits per heavy atom. The molecule has 1 aromatic rings. The first-order valence-electron chi connectivity index (χ1n) is 10.9. The molecule has 7 atom stereocenters. The van der Waals surface area contributed by atoms with Crippen LogP contribution in [0.3, 0.4) is 0 Å². The topological polar surface area (TPSA) is 43.3 Å². The van der Waals surface area contributed by atoms with Crippen LogP contribution < -0.4 is 9.47 Å². The van der Waals surface area contributed by atoms with Gasteiger partial charge in [-0.2, -0.15) is 0 Å². The largest absolute Gasteiger partial charge is 0.493 e. The Kier molecular flexibility index (Phi) is 3.77. The van der Waals surface area contributed by atoms with E-state index in [0.717, 1.165) is 37.3 Å². The summed E-state index contributed by atoms with van der Waals surface area (Å²) in [6, 6.07) is 4.78. The summed E-state index contributed by atoms with van der Waals surface area (Å²) >= 11 is 4.97. The SMILES string of the molecule is COc1ccc2c3c1O[C@H]1[C@@]4(OC)C=C[C@@]5(C[C@H]4[C@H](C)N=C=S)[C@@H](C2)N(C)CC[C@]315. The summed E-state index contributed by atoms with van der Waals surface area (Å²) in [5.41, 5.74) is 2.14. The maximum atomic E-state index is 6.91. The number of aliphatic imine (C=N–C) groups is 1. The first-order chi connectivity index (χ1) is 14.5. The minimum atomic E-state index is -0.546. The van der Waals surface area contributed by atoms with Gasteiger partial charge in [-0.3, -0.25) is 0 Å². The molecular formula is C24H28N2O3S. The van der Waals surface area contributed by atoms with E-state index in [1.54, 1.807) is 7.11 Å². The summed E-state index contributed by atoms with van der Waals surface area (Å²) in [4.78, 5) is 7.07. The Labute approximate surface area is 183 Å². The molecule has 2 aliphatic heterocycles. The molecule has 5 nitrogen and oxygen atoms in total. The molecule has 1 saturated carbocycles. The molecule has 0 aromatic heterocycles. The van der Waals surface area contributed by atoms with Gasteiger partial charge in [0.2, 0.25) is 0 Å². The van der Waals surface area contributed by atoms with Crippen molar-refractivity contribution >= 4 is 17.4 Å². The van der Waals surface area contributed by atoms with Gasteiger partial charge in [0.05, 0.1) is 23.7 Å². The van der Waals surface area contributed by atoms with Gasteiger partial charge in [-0.05, 0) is 63.6 Å². The van der Waals surface area contributed by atoms with Crippen LogP contribution in [0.4, 0.5) is 0 Å². The van der Waals surface area contributed by atoms with Gasteiger partial charge >= 0.3 is 0 Å².